The molecule has 0 aromatic heterocycles. The molecule has 0 unspecified atom stereocenters. The number of hydrogen-bond donors (Lipinski definition) is 1. The molecule has 1 N–H and O–H groups in total. The molecule has 1 aliphatic rings. The fourth-order valence-electron chi connectivity index (χ4n) is 1.12. The lowest BCUT2D eigenvalue weighted by Crippen LogP contribution is -2.23. The standard InChI is InChI=1S/C8H17NOS2/c10-4-2-1-3-9-7-11-5-6-12-8-9/h10H,1-8H2. The Balaban J connectivity index is 2.04. The zero-order valence-corrected chi connectivity index (χ0v) is 9.00. The van der Waals surface area contributed by atoms with Crippen LogP contribution in [0, 0.1) is 0 Å². The maximum absolute atomic E-state index is 8.62. The van der Waals surface area contributed by atoms with Gasteiger partial charge in [-0.25, -0.2) is 0 Å². The SMILES string of the molecule is OCCCCN1CSCCSC1. The highest BCUT2D eigenvalue weighted by molar-refractivity contribution is 8.03. The molecule has 0 spiro atoms. The van der Waals surface area contributed by atoms with Gasteiger partial charge in [0, 0.05) is 29.9 Å². The minimum absolute atomic E-state index is 0.341. The molecule has 0 aromatic carbocycles. The molecule has 0 radical (unpaired) electrons. The predicted molar refractivity (Wildman–Crippen MR) is 57.7 cm³/mol. The molecule has 0 amide bonds. The van der Waals surface area contributed by atoms with Gasteiger partial charge in [0.1, 0.15) is 0 Å². The second-order valence-electron chi connectivity index (χ2n) is 2.90. The minimum Gasteiger partial charge on any atom is -0.396 e. The molecule has 12 heavy (non-hydrogen) atoms. The van der Waals surface area contributed by atoms with E-state index in [1.807, 2.05) is 23.5 Å². The quantitative estimate of drug-likeness (QED) is 0.705. The first-order chi connectivity index (χ1) is 5.93. The van der Waals surface area contributed by atoms with Crippen molar-refractivity contribution in [1.82, 2.24) is 4.90 Å². The Morgan fingerprint density at radius 2 is 1.75 bits per heavy atom. The first-order valence-corrected chi connectivity index (χ1v) is 6.73. The Kier molecular flexibility index (Phi) is 6.30. The highest BCUT2D eigenvalue weighted by Crippen LogP contribution is 2.17. The highest BCUT2D eigenvalue weighted by Gasteiger charge is 2.07. The van der Waals surface area contributed by atoms with E-state index in [9.17, 15) is 0 Å². The fourth-order valence-corrected chi connectivity index (χ4v) is 3.39. The maximum atomic E-state index is 8.62. The predicted octanol–water partition coefficient (Wildman–Crippen LogP) is 1.46. The van der Waals surface area contributed by atoms with Crippen molar-refractivity contribution < 1.29 is 5.11 Å². The highest BCUT2D eigenvalue weighted by atomic mass is 32.2. The van der Waals surface area contributed by atoms with Crippen LogP contribution in [-0.2, 0) is 0 Å². The van der Waals surface area contributed by atoms with Gasteiger partial charge in [0.2, 0.25) is 0 Å². The fraction of sp³-hybridized carbons (Fsp3) is 1.00. The Morgan fingerprint density at radius 3 is 2.33 bits per heavy atom. The van der Waals surface area contributed by atoms with E-state index in [0.29, 0.717) is 6.61 Å². The van der Waals surface area contributed by atoms with Crippen molar-refractivity contribution in [2.24, 2.45) is 0 Å². The van der Waals surface area contributed by atoms with Crippen LogP contribution in [0.3, 0.4) is 0 Å². The molecule has 0 saturated carbocycles. The summed E-state index contributed by atoms with van der Waals surface area (Å²) in [4.78, 5) is 2.47. The van der Waals surface area contributed by atoms with Crippen molar-refractivity contribution in [3.63, 3.8) is 0 Å². The summed E-state index contributed by atoms with van der Waals surface area (Å²) in [6, 6.07) is 0. The maximum Gasteiger partial charge on any atom is 0.0452 e. The lowest BCUT2D eigenvalue weighted by molar-refractivity contribution is 0.270. The van der Waals surface area contributed by atoms with Crippen LogP contribution in [0.5, 0.6) is 0 Å². The summed E-state index contributed by atoms with van der Waals surface area (Å²) in [5.74, 6) is 4.94. The molecule has 1 fully saturated rings. The number of aliphatic hydroxyl groups is 1. The molecule has 1 saturated heterocycles. The molecule has 0 aromatic rings. The van der Waals surface area contributed by atoms with Gasteiger partial charge >= 0.3 is 0 Å². The Bertz CT molecular complexity index is 105. The normalized spacial score (nSPS) is 20.8. The molecule has 0 atom stereocenters. The third kappa shape index (κ3) is 4.60. The molecule has 2 nitrogen and oxygen atoms in total. The average Bonchev–Trinajstić information content (AvgIpc) is 2.33. The van der Waals surface area contributed by atoms with Crippen LogP contribution in [-0.4, -0.2) is 46.4 Å². The first-order valence-electron chi connectivity index (χ1n) is 4.42. The van der Waals surface area contributed by atoms with Crippen LogP contribution >= 0.6 is 23.5 Å². The van der Waals surface area contributed by atoms with Crippen molar-refractivity contribution in [3.05, 3.63) is 0 Å². The summed E-state index contributed by atoms with van der Waals surface area (Å²) >= 11 is 4.05. The van der Waals surface area contributed by atoms with Crippen molar-refractivity contribution in [1.29, 1.82) is 0 Å². The number of hydrogen-bond acceptors (Lipinski definition) is 4. The number of rotatable bonds is 4. The molecule has 1 aliphatic heterocycles. The van der Waals surface area contributed by atoms with E-state index < -0.39 is 0 Å². The van der Waals surface area contributed by atoms with Crippen LogP contribution in [0.15, 0.2) is 0 Å². The number of unbranched alkanes of at least 4 members (excludes halogenated alkanes) is 1. The molecular weight excluding hydrogens is 190 g/mol. The first kappa shape index (κ1) is 10.7. The van der Waals surface area contributed by atoms with Gasteiger partial charge in [-0.05, 0) is 19.4 Å². The van der Waals surface area contributed by atoms with Gasteiger partial charge in [0.05, 0.1) is 0 Å². The topological polar surface area (TPSA) is 23.5 Å². The van der Waals surface area contributed by atoms with Crippen LogP contribution < -0.4 is 0 Å². The minimum atomic E-state index is 0.341. The van der Waals surface area contributed by atoms with Crippen LogP contribution in [0.2, 0.25) is 0 Å². The second kappa shape index (κ2) is 7.06. The van der Waals surface area contributed by atoms with Gasteiger partial charge in [-0.1, -0.05) is 0 Å². The zero-order chi connectivity index (χ0) is 8.65. The number of aliphatic hydroxyl groups excluding tert-OH is 1. The summed E-state index contributed by atoms with van der Waals surface area (Å²) in [6.07, 6.45) is 2.09. The van der Waals surface area contributed by atoms with E-state index in [1.165, 1.54) is 23.3 Å². The van der Waals surface area contributed by atoms with Crippen molar-refractivity contribution in [2.45, 2.75) is 12.8 Å². The van der Waals surface area contributed by atoms with Crippen molar-refractivity contribution >= 4 is 23.5 Å². The molecular formula is C8H17NOS2. The Morgan fingerprint density at radius 1 is 1.08 bits per heavy atom. The summed E-state index contributed by atoms with van der Waals surface area (Å²) in [6.45, 7) is 1.49. The lowest BCUT2D eigenvalue weighted by Gasteiger charge is -2.17. The zero-order valence-electron chi connectivity index (χ0n) is 7.37. The monoisotopic (exact) mass is 207 g/mol. The largest absolute Gasteiger partial charge is 0.396 e. The van der Waals surface area contributed by atoms with E-state index in [2.05, 4.69) is 4.90 Å². The Hall–Kier alpha value is 0.620. The summed E-state index contributed by atoms with van der Waals surface area (Å²) < 4.78 is 0. The van der Waals surface area contributed by atoms with E-state index in [0.717, 1.165) is 19.4 Å². The molecule has 72 valence electrons. The molecule has 1 rings (SSSR count). The van der Waals surface area contributed by atoms with E-state index >= 15 is 0 Å². The molecule has 4 heteroatoms. The third-order valence-corrected chi connectivity index (χ3v) is 4.14. The second-order valence-corrected chi connectivity index (χ2v) is 5.05. The number of thioether (sulfide) groups is 2. The lowest BCUT2D eigenvalue weighted by atomic mass is 10.3. The van der Waals surface area contributed by atoms with Crippen LogP contribution in [0.1, 0.15) is 12.8 Å². The third-order valence-electron chi connectivity index (χ3n) is 1.80. The number of nitrogens with zero attached hydrogens (tertiary/aromatic N) is 1. The average molecular weight is 207 g/mol. The van der Waals surface area contributed by atoms with Crippen LogP contribution in [0.4, 0.5) is 0 Å². The van der Waals surface area contributed by atoms with Gasteiger partial charge in [-0.15, -0.1) is 23.5 Å². The molecule has 0 bridgehead atoms. The summed E-state index contributed by atoms with van der Waals surface area (Å²) in [5, 5.41) is 8.62. The van der Waals surface area contributed by atoms with Crippen molar-refractivity contribution in [3.8, 4) is 0 Å². The van der Waals surface area contributed by atoms with Gasteiger partial charge in [0.25, 0.3) is 0 Å². The summed E-state index contributed by atoms with van der Waals surface area (Å²) in [7, 11) is 0. The van der Waals surface area contributed by atoms with E-state index in [-0.39, 0.29) is 0 Å². The van der Waals surface area contributed by atoms with Crippen LogP contribution in [0.25, 0.3) is 0 Å². The molecule has 1 heterocycles. The van der Waals surface area contributed by atoms with Crippen molar-refractivity contribution in [2.75, 3.05) is 36.4 Å². The van der Waals surface area contributed by atoms with E-state index in [1.54, 1.807) is 0 Å². The summed E-state index contributed by atoms with van der Waals surface area (Å²) in [5.41, 5.74) is 0. The Labute approximate surface area is 83.1 Å². The van der Waals surface area contributed by atoms with Gasteiger partial charge in [-0.2, -0.15) is 0 Å². The van der Waals surface area contributed by atoms with Gasteiger partial charge in [-0.3, -0.25) is 4.90 Å². The molecule has 0 aliphatic carbocycles. The smallest absolute Gasteiger partial charge is 0.0452 e. The van der Waals surface area contributed by atoms with E-state index in [4.69, 9.17) is 5.11 Å². The van der Waals surface area contributed by atoms with Gasteiger partial charge in [0.15, 0.2) is 0 Å². The van der Waals surface area contributed by atoms with Gasteiger partial charge < -0.3 is 5.11 Å².